The number of aryl methyl sites for hydroxylation is 1. The number of hydrogen-bond acceptors (Lipinski definition) is 4. The molecular formula is C20H27N3O2. The predicted octanol–water partition coefficient (Wildman–Crippen LogP) is 4.49. The summed E-state index contributed by atoms with van der Waals surface area (Å²) < 4.78 is 6.57. The van der Waals surface area contributed by atoms with E-state index in [2.05, 4.69) is 17.2 Å². The molecule has 1 heterocycles. The molecule has 0 spiro atoms. The van der Waals surface area contributed by atoms with Crippen molar-refractivity contribution in [2.24, 2.45) is 0 Å². The Hall–Kier alpha value is -2.43. The fraction of sp³-hybridized carbons (Fsp3) is 0.450. The van der Waals surface area contributed by atoms with E-state index in [1.807, 2.05) is 35.0 Å². The summed E-state index contributed by atoms with van der Waals surface area (Å²) in [5, 5.41) is 8.62. The van der Waals surface area contributed by atoms with Crippen molar-refractivity contribution in [3.05, 3.63) is 42.1 Å². The molecule has 0 aliphatic rings. The standard InChI is InChI=1S/C20H27N3O2/c1-3-4-5-6-7-11-16-23-18(14-15-19(24)25-2)20(21-22-23)17-12-9-8-10-13-17/h8-10,12-15H,3-7,11,16H2,1-2H3/b15-14+. The van der Waals surface area contributed by atoms with Crippen LogP contribution < -0.4 is 0 Å². The summed E-state index contributed by atoms with van der Waals surface area (Å²) in [7, 11) is 1.37. The second kappa shape index (κ2) is 10.4. The second-order valence-corrected chi connectivity index (χ2v) is 6.04. The minimum atomic E-state index is -0.383. The van der Waals surface area contributed by atoms with Gasteiger partial charge in [-0.05, 0) is 12.5 Å². The van der Waals surface area contributed by atoms with Gasteiger partial charge in [0, 0.05) is 18.2 Å². The molecule has 0 aliphatic heterocycles. The molecule has 0 amide bonds. The van der Waals surface area contributed by atoms with Crippen LogP contribution in [0.25, 0.3) is 17.3 Å². The maximum atomic E-state index is 11.5. The van der Waals surface area contributed by atoms with Gasteiger partial charge in [-0.1, -0.05) is 74.6 Å². The molecule has 134 valence electrons. The Morgan fingerprint density at radius 3 is 2.56 bits per heavy atom. The molecule has 2 rings (SSSR count). The van der Waals surface area contributed by atoms with Crippen LogP contribution in [0.2, 0.25) is 0 Å². The summed E-state index contributed by atoms with van der Waals surface area (Å²) in [6.45, 7) is 3.02. The maximum Gasteiger partial charge on any atom is 0.330 e. The van der Waals surface area contributed by atoms with Gasteiger partial charge >= 0.3 is 5.97 Å². The van der Waals surface area contributed by atoms with E-state index in [4.69, 9.17) is 4.74 Å². The quantitative estimate of drug-likeness (QED) is 0.363. The maximum absolute atomic E-state index is 11.5. The molecule has 0 atom stereocenters. The molecule has 0 unspecified atom stereocenters. The zero-order valence-electron chi connectivity index (χ0n) is 15.1. The van der Waals surface area contributed by atoms with E-state index < -0.39 is 0 Å². The van der Waals surface area contributed by atoms with Gasteiger partial charge in [0.25, 0.3) is 0 Å². The van der Waals surface area contributed by atoms with Gasteiger partial charge in [0.05, 0.1) is 12.8 Å². The molecule has 0 saturated heterocycles. The smallest absolute Gasteiger partial charge is 0.330 e. The van der Waals surface area contributed by atoms with Gasteiger partial charge in [-0.2, -0.15) is 0 Å². The number of hydrogen-bond donors (Lipinski definition) is 0. The van der Waals surface area contributed by atoms with E-state index in [9.17, 15) is 4.79 Å². The van der Waals surface area contributed by atoms with E-state index in [0.29, 0.717) is 0 Å². The lowest BCUT2D eigenvalue weighted by Gasteiger charge is -2.05. The van der Waals surface area contributed by atoms with Gasteiger partial charge in [0.2, 0.25) is 0 Å². The van der Waals surface area contributed by atoms with Crippen LogP contribution in [0, 0.1) is 0 Å². The van der Waals surface area contributed by atoms with Crippen LogP contribution in [-0.2, 0) is 16.1 Å². The summed E-state index contributed by atoms with van der Waals surface area (Å²) in [5.74, 6) is -0.383. The van der Waals surface area contributed by atoms with E-state index in [1.54, 1.807) is 6.08 Å². The van der Waals surface area contributed by atoms with E-state index >= 15 is 0 Å². The highest BCUT2D eigenvalue weighted by Gasteiger charge is 2.12. The third kappa shape index (κ3) is 5.85. The number of carbonyl (C=O) groups is 1. The molecule has 0 N–H and O–H groups in total. The van der Waals surface area contributed by atoms with Crippen LogP contribution in [0.1, 0.15) is 51.1 Å². The number of aromatic nitrogens is 3. The van der Waals surface area contributed by atoms with Crippen molar-refractivity contribution in [3.63, 3.8) is 0 Å². The normalized spacial score (nSPS) is 11.1. The number of rotatable bonds is 10. The lowest BCUT2D eigenvalue weighted by molar-refractivity contribution is -0.134. The average Bonchev–Trinajstić information content (AvgIpc) is 3.06. The van der Waals surface area contributed by atoms with Crippen molar-refractivity contribution in [2.45, 2.75) is 52.0 Å². The van der Waals surface area contributed by atoms with Gasteiger partial charge in [-0.15, -0.1) is 5.10 Å². The molecule has 0 bridgehead atoms. The molecule has 5 heteroatoms. The number of carbonyl (C=O) groups excluding carboxylic acids is 1. The first-order chi connectivity index (χ1) is 12.3. The van der Waals surface area contributed by atoms with Crippen LogP contribution in [0.15, 0.2) is 36.4 Å². The first-order valence-electron chi connectivity index (χ1n) is 9.01. The number of benzene rings is 1. The molecular weight excluding hydrogens is 314 g/mol. The van der Waals surface area contributed by atoms with Crippen molar-refractivity contribution in [1.82, 2.24) is 15.0 Å². The summed E-state index contributed by atoms with van der Waals surface area (Å²) >= 11 is 0. The van der Waals surface area contributed by atoms with Crippen LogP contribution in [0.3, 0.4) is 0 Å². The minimum Gasteiger partial charge on any atom is -0.466 e. The number of unbranched alkanes of at least 4 members (excludes halogenated alkanes) is 5. The van der Waals surface area contributed by atoms with Crippen LogP contribution in [-0.4, -0.2) is 28.1 Å². The lowest BCUT2D eigenvalue weighted by Crippen LogP contribution is -2.04. The summed E-state index contributed by atoms with van der Waals surface area (Å²) in [4.78, 5) is 11.5. The third-order valence-corrected chi connectivity index (χ3v) is 4.12. The zero-order valence-corrected chi connectivity index (χ0v) is 15.1. The second-order valence-electron chi connectivity index (χ2n) is 6.04. The molecule has 1 aromatic heterocycles. The zero-order chi connectivity index (χ0) is 17.9. The summed E-state index contributed by atoms with van der Waals surface area (Å²) in [5.41, 5.74) is 2.61. The lowest BCUT2D eigenvalue weighted by atomic mass is 10.1. The van der Waals surface area contributed by atoms with Crippen molar-refractivity contribution in [2.75, 3.05) is 7.11 Å². The van der Waals surface area contributed by atoms with Gasteiger partial charge in [-0.3, -0.25) is 0 Å². The summed E-state index contributed by atoms with van der Waals surface area (Å²) in [6, 6.07) is 9.89. The van der Waals surface area contributed by atoms with Crippen LogP contribution in [0.4, 0.5) is 0 Å². The average molecular weight is 341 g/mol. The number of nitrogens with zero attached hydrogens (tertiary/aromatic N) is 3. The molecule has 25 heavy (non-hydrogen) atoms. The van der Waals surface area contributed by atoms with Crippen molar-refractivity contribution in [3.8, 4) is 11.3 Å². The molecule has 1 aromatic carbocycles. The highest BCUT2D eigenvalue weighted by Crippen LogP contribution is 2.22. The van der Waals surface area contributed by atoms with Crippen molar-refractivity contribution >= 4 is 12.0 Å². The Morgan fingerprint density at radius 1 is 1.12 bits per heavy atom. The van der Waals surface area contributed by atoms with Crippen LogP contribution >= 0.6 is 0 Å². The topological polar surface area (TPSA) is 57.0 Å². The van der Waals surface area contributed by atoms with Gasteiger partial charge < -0.3 is 4.74 Å². The number of esters is 1. The van der Waals surface area contributed by atoms with Gasteiger partial charge in [0.1, 0.15) is 5.69 Å². The summed E-state index contributed by atoms with van der Waals surface area (Å²) in [6.07, 6.45) is 10.5. The Labute approximate surface area is 149 Å². The van der Waals surface area contributed by atoms with E-state index in [1.165, 1.54) is 45.3 Å². The van der Waals surface area contributed by atoms with E-state index in [0.717, 1.165) is 29.9 Å². The molecule has 2 aromatic rings. The van der Waals surface area contributed by atoms with Crippen molar-refractivity contribution < 1.29 is 9.53 Å². The molecule has 0 aliphatic carbocycles. The third-order valence-electron chi connectivity index (χ3n) is 4.12. The number of ether oxygens (including phenoxy) is 1. The Kier molecular flexibility index (Phi) is 7.89. The first-order valence-corrected chi connectivity index (χ1v) is 9.01. The molecule has 0 fully saturated rings. The highest BCUT2D eigenvalue weighted by atomic mass is 16.5. The molecule has 0 radical (unpaired) electrons. The molecule has 5 nitrogen and oxygen atoms in total. The monoisotopic (exact) mass is 341 g/mol. The minimum absolute atomic E-state index is 0.383. The van der Waals surface area contributed by atoms with Gasteiger partial charge in [-0.25, -0.2) is 9.48 Å². The fourth-order valence-corrected chi connectivity index (χ4v) is 2.71. The molecule has 0 saturated carbocycles. The van der Waals surface area contributed by atoms with Crippen molar-refractivity contribution in [1.29, 1.82) is 0 Å². The van der Waals surface area contributed by atoms with E-state index in [-0.39, 0.29) is 5.97 Å². The van der Waals surface area contributed by atoms with Crippen LogP contribution in [0.5, 0.6) is 0 Å². The number of methoxy groups -OCH3 is 1. The largest absolute Gasteiger partial charge is 0.466 e. The Balaban J connectivity index is 2.11. The SMILES string of the molecule is CCCCCCCCn1nnc(-c2ccccc2)c1/C=C/C(=O)OC. The predicted molar refractivity (Wildman–Crippen MR) is 99.9 cm³/mol. The Bertz CT molecular complexity index is 678. The Morgan fingerprint density at radius 2 is 1.84 bits per heavy atom. The fourth-order valence-electron chi connectivity index (χ4n) is 2.71. The van der Waals surface area contributed by atoms with Gasteiger partial charge in [0.15, 0.2) is 0 Å². The first kappa shape index (κ1) is 18.9. The highest BCUT2D eigenvalue weighted by molar-refractivity contribution is 5.88.